The van der Waals surface area contributed by atoms with Crippen LogP contribution in [0.5, 0.6) is 23.0 Å². The minimum atomic E-state index is -0.215. The molecule has 0 aromatic heterocycles. The maximum absolute atomic E-state index is 12.7. The van der Waals surface area contributed by atoms with E-state index in [0.29, 0.717) is 35.8 Å². The molecule has 3 N–H and O–H groups in total. The van der Waals surface area contributed by atoms with E-state index in [1.807, 2.05) is 26.0 Å². The molecule has 0 heterocycles. The van der Waals surface area contributed by atoms with Gasteiger partial charge in [0.25, 0.3) is 0 Å². The number of phenolic OH excluding ortho intramolecular Hbond substituents is 2. The monoisotopic (exact) mass is 567 g/mol. The second-order valence-electron chi connectivity index (χ2n) is 13.2. The topological polar surface area (TPSA) is 88.0 Å². The Morgan fingerprint density at radius 3 is 1.71 bits per heavy atom. The van der Waals surface area contributed by atoms with Crippen molar-refractivity contribution >= 4 is 12.0 Å². The lowest BCUT2D eigenvalue weighted by atomic mass is 9.78. The van der Waals surface area contributed by atoms with Crippen LogP contribution >= 0.6 is 0 Å². The van der Waals surface area contributed by atoms with E-state index in [4.69, 9.17) is 9.47 Å². The number of hydrogen-bond acceptors (Lipinski definition) is 5. The summed E-state index contributed by atoms with van der Waals surface area (Å²) in [5, 5.41) is 24.8. The molecule has 2 atom stereocenters. The molecule has 228 valence electrons. The lowest BCUT2D eigenvalue weighted by Crippen LogP contribution is -2.24. The Kier molecular flexibility index (Phi) is 12.2. The van der Waals surface area contributed by atoms with Crippen LogP contribution in [0.4, 0.5) is 0 Å². The summed E-state index contributed by atoms with van der Waals surface area (Å²) in [6, 6.07) is 7.57. The van der Waals surface area contributed by atoms with Gasteiger partial charge in [-0.05, 0) is 84.4 Å². The first-order valence-corrected chi connectivity index (χ1v) is 15.1. The molecule has 2 rings (SSSR count). The van der Waals surface area contributed by atoms with Gasteiger partial charge in [0.05, 0.1) is 12.2 Å². The van der Waals surface area contributed by atoms with Crippen LogP contribution < -0.4 is 14.8 Å². The van der Waals surface area contributed by atoms with Crippen molar-refractivity contribution in [1.29, 1.82) is 0 Å². The van der Waals surface area contributed by atoms with Crippen molar-refractivity contribution in [2.75, 3.05) is 6.54 Å². The van der Waals surface area contributed by atoms with Crippen LogP contribution in [-0.4, -0.2) is 34.9 Å². The van der Waals surface area contributed by atoms with Crippen molar-refractivity contribution < 1.29 is 24.5 Å². The Hall–Kier alpha value is -3.15. The van der Waals surface area contributed by atoms with Crippen molar-refractivity contribution in [3.63, 3.8) is 0 Å². The normalized spacial score (nSPS) is 13.7. The molecule has 6 nitrogen and oxygen atoms in total. The molecule has 1 amide bonds. The second kappa shape index (κ2) is 14.7. The van der Waals surface area contributed by atoms with Crippen LogP contribution in [0.3, 0.4) is 0 Å². The van der Waals surface area contributed by atoms with E-state index < -0.39 is 0 Å². The number of carbonyl (C=O) groups excluding carboxylic acids is 1. The number of aromatic hydroxyl groups is 2. The zero-order valence-corrected chi connectivity index (χ0v) is 27.0. The molecule has 0 saturated carbocycles. The van der Waals surface area contributed by atoms with Gasteiger partial charge in [-0.2, -0.15) is 0 Å². The van der Waals surface area contributed by atoms with Crippen LogP contribution in [-0.2, 0) is 22.0 Å². The quantitative estimate of drug-likeness (QED) is 0.212. The summed E-state index contributed by atoms with van der Waals surface area (Å²) in [5.41, 5.74) is 3.20. The van der Waals surface area contributed by atoms with Gasteiger partial charge in [0.15, 0.2) is 11.5 Å². The van der Waals surface area contributed by atoms with Gasteiger partial charge in [0.1, 0.15) is 5.75 Å². The number of hydrogen-bond donors (Lipinski definition) is 3. The summed E-state index contributed by atoms with van der Waals surface area (Å²) in [4.78, 5) is 12.7. The molecule has 0 aliphatic carbocycles. The van der Waals surface area contributed by atoms with E-state index >= 15 is 0 Å². The number of carbonyl (C=O) groups is 1. The number of benzene rings is 2. The van der Waals surface area contributed by atoms with Crippen molar-refractivity contribution in [1.82, 2.24) is 5.32 Å². The Morgan fingerprint density at radius 2 is 1.29 bits per heavy atom. The first-order chi connectivity index (χ1) is 19.1. The van der Waals surface area contributed by atoms with Gasteiger partial charge < -0.3 is 25.0 Å². The second-order valence-corrected chi connectivity index (χ2v) is 13.2. The fraction of sp³-hybridized carbons (Fsp3) is 0.571. The van der Waals surface area contributed by atoms with Gasteiger partial charge in [-0.25, -0.2) is 0 Å². The van der Waals surface area contributed by atoms with E-state index in [-0.39, 0.29) is 34.7 Å². The number of ether oxygens (including phenoxy) is 2. The van der Waals surface area contributed by atoms with Crippen molar-refractivity contribution in [2.24, 2.45) is 0 Å². The van der Waals surface area contributed by atoms with Crippen LogP contribution in [0.15, 0.2) is 30.3 Å². The minimum Gasteiger partial charge on any atom is -0.507 e. The molecule has 2 aromatic rings. The molecule has 0 bridgehead atoms. The smallest absolute Gasteiger partial charge is 0.244 e. The Labute approximate surface area is 248 Å². The van der Waals surface area contributed by atoms with Crippen molar-refractivity contribution in [2.45, 2.75) is 124 Å². The van der Waals surface area contributed by atoms with E-state index in [2.05, 4.69) is 60.7 Å². The number of amides is 1. The molecule has 0 aliphatic heterocycles. The summed E-state index contributed by atoms with van der Waals surface area (Å²) in [5.74, 6) is 0.824. The Balaban J connectivity index is 2.20. The minimum absolute atomic E-state index is 0.0179. The zero-order valence-electron chi connectivity index (χ0n) is 27.0. The van der Waals surface area contributed by atoms with Crippen LogP contribution in [0, 0.1) is 0 Å². The summed E-state index contributed by atoms with van der Waals surface area (Å²) in [6.07, 6.45) is 7.38. The molecule has 41 heavy (non-hydrogen) atoms. The largest absolute Gasteiger partial charge is 0.507 e. The molecule has 0 radical (unpaired) electrons. The van der Waals surface area contributed by atoms with E-state index in [1.165, 1.54) is 6.08 Å². The van der Waals surface area contributed by atoms with Gasteiger partial charge in [-0.3, -0.25) is 4.79 Å². The van der Waals surface area contributed by atoms with E-state index in [9.17, 15) is 15.0 Å². The highest BCUT2D eigenvalue weighted by molar-refractivity contribution is 5.91. The van der Waals surface area contributed by atoms with E-state index in [1.54, 1.807) is 18.2 Å². The molecule has 6 heteroatoms. The Bertz CT molecular complexity index is 1120. The van der Waals surface area contributed by atoms with Crippen molar-refractivity contribution in [3.05, 3.63) is 52.6 Å². The lowest BCUT2D eigenvalue weighted by Gasteiger charge is -2.28. The highest BCUT2D eigenvalue weighted by Gasteiger charge is 2.26. The Morgan fingerprint density at radius 1 is 0.829 bits per heavy atom. The number of nitrogens with one attached hydrogen (secondary N) is 1. The maximum Gasteiger partial charge on any atom is 0.244 e. The lowest BCUT2D eigenvalue weighted by molar-refractivity contribution is -0.116. The average Bonchev–Trinajstić information content (AvgIpc) is 2.85. The van der Waals surface area contributed by atoms with Gasteiger partial charge in [0.2, 0.25) is 11.7 Å². The molecule has 0 spiro atoms. The SMILES string of the molecule is CCCC(C)Oc1cc(/C=C/C(=O)NCCc2cc(C(C)(C)C)c(O)c(C(C)(C)C)c2)cc(OC(C)CCC)c1O. The highest BCUT2D eigenvalue weighted by Crippen LogP contribution is 2.41. The first kappa shape index (κ1) is 34.1. The average molecular weight is 568 g/mol. The maximum atomic E-state index is 12.7. The fourth-order valence-corrected chi connectivity index (χ4v) is 4.79. The first-order valence-electron chi connectivity index (χ1n) is 15.1. The predicted octanol–water partition coefficient (Wildman–Crippen LogP) is 8.20. The molecule has 0 fully saturated rings. The summed E-state index contributed by atoms with van der Waals surface area (Å²) in [6.45, 7) is 21.1. The third-order valence-corrected chi connectivity index (χ3v) is 7.03. The summed E-state index contributed by atoms with van der Waals surface area (Å²) in [7, 11) is 0. The number of phenols is 2. The summed E-state index contributed by atoms with van der Waals surface area (Å²) >= 11 is 0. The fourth-order valence-electron chi connectivity index (χ4n) is 4.79. The molecular formula is C35H53NO5. The molecule has 2 unspecified atom stereocenters. The highest BCUT2D eigenvalue weighted by atomic mass is 16.5. The third kappa shape index (κ3) is 10.3. The van der Waals surface area contributed by atoms with Crippen LogP contribution in [0.1, 0.15) is 117 Å². The van der Waals surface area contributed by atoms with Gasteiger partial charge >= 0.3 is 0 Å². The molecular weight excluding hydrogens is 514 g/mol. The van der Waals surface area contributed by atoms with Gasteiger partial charge in [-0.15, -0.1) is 0 Å². The van der Waals surface area contributed by atoms with Crippen molar-refractivity contribution in [3.8, 4) is 23.0 Å². The molecule has 2 aromatic carbocycles. The third-order valence-electron chi connectivity index (χ3n) is 7.03. The number of rotatable bonds is 13. The molecule has 0 saturated heterocycles. The predicted molar refractivity (Wildman–Crippen MR) is 169 cm³/mol. The van der Waals surface area contributed by atoms with Crippen LogP contribution in [0.25, 0.3) is 6.08 Å². The van der Waals surface area contributed by atoms with Crippen LogP contribution in [0.2, 0.25) is 0 Å². The standard InChI is InChI=1S/C35H53NO5/c1-11-13-23(3)40-29-21-25(22-30(33(29)39)41-24(4)14-12-2)15-16-31(37)36-18-17-26-19-27(34(5,6)7)32(38)28(20-26)35(8,9)10/h15-16,19-24,38-39H,11-14,17-18H2,1-10H3,(H,36,37)/b16-15+. The summed E-state index contributed by atoms with van der Waals surface area (Å²) < 4.78 is 12.0. The molecule has 0 aliphatic rings. The van der Waals surface area contributed by atoms with Gasteiger partial charge in [-0.1, -0.05) is 80.4 Å². The zero-order chi connectivity index (χ0) is 31.0. The van der Waals surface area contributed by atoms with E-state index in [0.717, 1.165) is 42.4 Å². The van der Waals surface area contributed by atoms with Gasteiger partial charge in [0, 0.05) is 12.6 Å².